The summed E-state index contributed by atoms with van der Waals surface area (Å²) in [6.45, 7) is 9.49. The zero-order chi connectivity index (χ0) is 21.8. The van der Waals surface area contributed by atoms with Crippen molar-refractivity contribution in [2.24, 2.45) is 13.0 Å². The predicted molar refractivity (Wildman–Crippen MR) is 121 cm³/mol. The van der Waals surface area contributed by atoms with E-state index in [0.717, 1.165) is 52.2 Å². The molecule has 0 aliphatic carbocycles. The third kappa shape index (κ3) is 4.78. The second-order valence-electron chi connectivity index (χ2n) is 7.93. The maximum atomic E-state index is 12.9. The van der Waals surface area contributed by atoms with E-state index in [1.165, 1.54) is 11.8 Å². The number of ether oxygens (including phenoxy) is 1. The van der Waals surface area contributed by atoms with Crippen molar-refractivity contribution in [2.75, 3.05) is 12.9 Å². The highest BCUT2D eigenvalue weighted by Gasteiger charge is 2.18. The normalized spacial score (nSPS) is 11.3. The van der Waals surface area contributed by atoms with Crippen molar-refractivity contribution in [3.05, 3.63) is 47.3 Å². The molecular weight excluding hydrogens is 396 g/mol. The van der Waals surface area contributed by atoms with Gasteiger partial charge < -0.3 is 13.9 Å². The average molecular weight is 427 g/mol. The molecule has 160 valence electrons. The number of Topliss-reactive ketones (excluding diaryl/α,β-unsaturated/α-hetero) is 1. The monoisotopic (exact) mass is 426 g/mol. The largest absolute Gasteiger partial charge is 0.497 e. The van der Waals surface area contributed by atoms with Crippen molar-refractivity contribution >= 4 is 17.5 Å². The molecule has 0 unspecified atom stereocenters. The Morgan fingerprint density at radius 3 is 2.67 bits per heavy atom. The van der Waals surface area contributed by atoms with Gasteiger partial charge in [-0.05, 0) is 44.4 Å². The number of carbonyl (C=O) groups excluding carboxylic acids is 1. The van der Waals surface area contributed by atoms with Gasteiger partial charge in [-0.25, -0.2) is 0 Å². The van der Waals surface area contributed by atoms with Crippen molar-refractivity contribution in [1.29, 1.82) is 0 Å². The first-order valence-corrected chi connectivity index (χ1v) is 11.2. The molecule has 0 saturated carbocycles. The second-order valence-corrected chi connectivity index (χ2v) is 8.87. The summed E-state index contributed by atoms with van der Waals surface area (Å²) in [5, 5.41) is 9.31. The Labute approximate surface area is 182 Å². The Morgan fingerprint density at radius 1 is 1.20 bits per heavy atom. The van der Waals surface area contributed by atoms with Crippen molar-refractivity contribution in [1.82, 2.24) is 19.3 Å². The van der Waals surface area contributed by atoms with Crippen LogP contribution in [0.15, 0.2) is 35.5 Å². The zero-order valence-corrected chi connectivity index (χ0v) is 19.4. The molecular formula is C23H30N4O2S. The van der Waals surface area contributed by atoms with Gasteiger partial charge in [0.25, 0.3) is 0 Å². The molecule has 2 aromatic heterocycles. The van der Waals surface area contributed by atoms with Crippen molar-refractivity contribution in [3.8, 4) is 17.1 Å². The minimum absolute atomic E-state index is 0.120. The van der Waals surface area contributed by atoms with E-state index in [1.54, 1.807) is 7.11 Å². The summed E-state index contributed by atoms with van der Waals surface area (Å²) in [5.74, 6) is 2.60. The first-order valence-electron chi connectivity index (χ1n) is 10.2. The highest BCUT2D eigenvalue weighted by molar-refractivity contribution is 7.99. The topological polar surface area (TPSA) is 61.9 Å². The first-order chi connectivity index (χ1) is 14.3. The molecule has 0 atom stereocenters. The molecule has 0 radical (unpaired) electrons. The molecule has 3 aromatic rings. The SMILES string of the molecule is COc1cccc(-c2nnc(SCC(=O)c3cc(C)n(CCC(C)C)c3C)n2C)c1. The van der Waals surface area contributed by atoms with E-state index >= 15 is 0 Å². The van der Waals surface area contributed by atoms with E-state index in [1.807, 2.05) is 48.9 Å². The lowest BCUT2D eigenvalue weighted by atomic mass is 10.1. The van der Waals surface area contributed by atoms with Crippen LogP contribution < -0.4 is 4.74 Å². The number of aromatic nitrogens is 4. The van der Waals surface area contributed by atoms with Gasteiger partial charge in [0.05, 0.1) is 12.9 Å². The van der Waals surface area contributed by atoms with Gasteiger partial charge in [-0.15, -0.1) is 10.2 Å². The van der Waals surface area contributed by atoms with Crippen LogP contribution in [0.1, 0.15) is 42.0 Å². The molecule has 0 aliphatic rings. The van der Waals surface area contributed by atoms with Crippen LogP contribution in [-0.2, 0) is 13.6 Å². The molecule has 0 aliphatic heterocycles. The molecule has 30 heavy (non-hydrogen) atoms. The smallest absolute Gasteiger partial charge is 0.191 e. The average Bonchev–Trinajstić information content (AvgIpc) is 3.23. The van der Waals surface area contributed by atoms with Gasteiger partial charge in [0.15, 0.2) is 16.8 Å². The van der Waals surface area contributed by atoms with Gasteiger partial charge in [0, 0.05) is 36.1 Å². The van der Waals surface area contributed by atoms with Crippen molar-refractivity contribution < 1.29 is 9.53 Å². The summed E-state index contributed by atoms with van der Waals surface area (Å²) in [5.41, 5.74) is 3.92. The molecule has 0 amide bonds. The van der Waals surface area contributed by atoms with E-state index in [0.29, 0.717) is 11.7 Å². The minimum atomic E-state index is 0.120. The number of thioether (sulfide) groups is 1. The molecule has 0 spiro atoms. The predicted octanol–water partition coefficient (Wildman–Crippen LogP) is 4.93. The number of rotatable bonds is 9. The maximum Gasteiger partial charge on any atom is 0.191 e. The molecule has 7 heteroatoms. The molecule has 0 bridgehead atoms. The molecule has 0 saturated heterocycles. The Hall–Kier alpha value is -2.54. The Balaban J connectivity index is 1.71. The van der Waals surface area contributed by atoms with Gasteiger partial charge >= 0.3 is 0 Å². The maximum absolute atomic E-state index is 12.9. The lowest BCUT2D eigenvalue weighted by Crippen LogP contribution is -2.08. The van der Waals surface area contributed by atoms with E-state index in [4.69, 9.17) is 4.74 Å². The molecule has 2 heterocycles. The van der Waals surface area contributed by atoms with Crippen LogP contribution in [0, 0.1) is 19.8 Å². The van der Waals surface area contributed by atoms with Crippen molar-refractivity contribution in [2.45, 2.75) is 45.8 Å². The first kappa shape index (κ1) is 22.2. The van der Waals surface area contributed by atoms with Gasteiger partial charge in [0.2, 0.25) is 0 Å². The fourth-order valence-corrected chi connectivity index (χ4v) is 4.27. The number of aryl methyl sites for hydroxylation is 1. The van der Waals surface area contributed by atoms with Crippen LogP contribution in [0.25, 0.3) is 11.4 Å². The van der Waals surface area contributed by atoms with E-state index in [2.05, 4.69) is 35.5 Å². The second kappa shape index (κ2) is 9.51. The summed E-state index contributed by atoms with van der Waals surface area (Å²) in [7, 11) is 3.56. The van der Waals surface area contributed by atoms with Gasteiger partial charge in [0.1, 0.15) is 5.75 Å². The minimum Gasteiger partial charge on any atom is -0.497 e. The van der Waals surface area contributed by atoms with E-state index < -0.39 is 0 Å². The quantitative estimate of drug-likeness (QED) is 0.359. The summed E-state index contributed by atoms with van der Waals surface area (Å²) >= 11 is 1.42. The Kier molecular flexibility index (Phi) is 7.02. The molecule has 3 rings (SSSR count). The third-order valence-corrected chi connectivity index (χ3v) is 6.32. The fraction of sp³-hybridized carbons (Fsp3) is 0.435. The van der Waals surface area contributed by atoms with Crippen LogP contribution in [0.3, 0.4) is 0 Å². The number of nitrogens with zero attached hydrogens (tertiary/aromatic N) is 4. The number of hydrogen-bond donors (Lipinski definition) is 0. The van der Waals surface area contributed by atoms with Crippen LogP contribution in [-0.4, -0.2) is 38.0 Å². The van der Waals surface area contributed by atoms with Gasteiger partial charge in [-0.3, -0.25) is 4.79 Å². The zero-order valence-electron chi connectivity index (χ0n) is 18.6. The van der Waals surface area contributed by atoms with Crippen LogP contribution in [0.2, 0.25) is 0 Å². The Morgan fingerprint density at radius 2 is 1.97 bits per heavy atom. The number of carbonyl (C=O) groups is 1. The van der Waals surface area contributed by atoms with Crippen LogP contribution in [0.4, 0.5) is 0 Å². The summed E-state index contributed by atoms with van der Waals surface area (Å²) < 4.78 is 9.46. The van der Waals surface area contributed by atoms with E-state index in [9.17, 15) is 4.79 Å². The lowest BCUT2D eigenvalue weighted by Gasteiger charge is -2.11. The summed E-state index contributed by atoms with van der Waals surface area (Å²) in [6.07, 6.45) is 1.10. The summed E-state index contributed by atoms with van der Waals surface area (Å²) in [6, 6.07) is 9.73. The molecule has 6 nitrogen and oxygen atoms in total. The fourth-order valence-electron chi connectivity index (χ4n) is 3.48. The van der Waals surface area contributed by atoms with Gasteiger partial charge in [-0.1, -0.05) is 37.7 Å². The Bertz CT molecular complexity index is 1040. The highest BCUT2D eigenvalue weighted by atomic mass is 32.2. The van der Waals surface area contributed by atoms with Crippen molar-refractivity contribution in [3.63, 3.8) is 0 Å². The molecule has 0 N–H and O–H groups in total. The molecule has 0 fully saturated rings. The lowest BCUT2D eigenvalue weighted by molar-refractivity contribution is 0.102. The third-order valence-electron chi connectivity index (χ3n) is 5.30. The highest BCUT2D eigenvalue weighted by Crippen LogP contribution is 2.26. The number of methoxy groups -OCH3 is 1. The molecule has 1 aromatic carbocycles. The number of hydrogen-bond acceptors (Lipinski definition) is 5. The van der Waals surface area contributed by atoms with Gasteiger partial charge in [-0.2, -0.15) is 0 Å². The van der Waals surface area contributed by atoms with E-state index in [-0.39, 0.29) is 5.78 Å². The van der Waals surface area contributed by atoms with Crippen LogP contribution >= 0.6 is 11.8 Å². The summed E-state index contributed by atoms with van der Waals surface area (Å²) in [4.78, 5) is 12.9. The number of benzene rings is 1. The van der Waals surface area contributed by atoms with Crippen LogP contribution in [0.5, 0.6) is 5.75 Å². The number of ketones is 1. The standard InChI is InChI=1S/C23H30N4O2S/c1-15(2)10-11-27-16(3)12-20(17(27)4)21(28)14-30-23-25-24-22(26(23)5)18-8-7-9-19(13-18)29-6/h7-9,12-13,15H,10-11,14H2,1-6H3.